The van der Waals surface area contributed by atoms with Crippen LogP contribution in [-0.4, -0.2) is 0 Å². The summed E-state index contributed by atoms with van der Waals surface area (Å²) in [6.07, 6.45) is 13.2. The van der Waals surface area contributed by atoms with E-state index in [4.69, 9.17) is 0 Å². The van der Waals surface area contributed by atoms with Crippen molar-refractivity contribution in [3.8, 4) is 33.4 Å². The Morgan fingerprint density at radius 2 is 1.23 bits per heavy atom. The molecule has 256 valence electrons. The van der Waals surface area contributed by atoms with Crippen LogP contribution in [0.4, 0.5) is 17.1 Å². The summed E-state index contributed by atoms with van der Waals surface area (Å²) in [5.74, 6) is 1.19. The smallest absolute Gasteiger partial charge is 0.0468 e. The molecule has 9 rings (SSSR count). The summed E-state index contributed by atoms with van der Waals surface area (Å²) in [6, 6.07) is 52.6. The summed E-state index contributed by atoms with van der Waals surface area (Å²) >= 11 is 0. The third kappa shape index (κ3) is 5.83. The molecule has 0 aromatic heterocycles. The van der Waals surface area contributed by atoms with Gasteiger partial charge in [-0.15, -0.1) is 0 Å². The van der Waals surface area contributed by atoms with E-state index in [1.165, 1.54) is 105 Å². The van der Waals surface area contributed by atoms with E-state index >= 15 is 0 Å². The summed E-state index contributed by atoms with van der Waals surface area (Å²) in [5.41, 5.74) is 18.2. The molecule has 0 aliphatic heterocycles. The summed E-state index contributed by atoms with van der Waals surface area (Å²) in [4.78, 5) is 2.47. The first-order valence-corrected chi connectivity index (χ1v) is 19.2. The Morgan fingerprint density at radius 1 is 0.577 bits per heavy atom. The number of benzene rings is 6. The van der Waals surface area contributed by atoms with E-state index in [2.05, 4.69) is 183 Å². The molecule has 52 heavy (non-hydrogen) atoms. The van der Waals surface area contributed by atoms with E-state index in [-0.39, 0.29) is 5.41 Å². The van der Waals surface area contributed by atoms with Gasteiger partial charge in [-0.25, -0.2) is 0 Å². The molecular formula is C51H47N. The van der Waals surface area contributed by atoms with Crippen LogP contribution >= 0.6 is 0 Å². The minimum Gasteiger partial charge on any atom is -0.310 e. The van der Waals surface area contributed by atoms with Crippen LogP contribution in [0.2, 0.25) is 0 Å². The highest BCUT2D eigenvalue weighted by molar-refractivity contribution is 5.87. The van der Waals surface area contributed by atoms with Gasteiger partial charge in [0.1, 0.15) is 0 Å². The normalized spacial score (nSPS) is 18.5. The second-order valence-corrected chi connectivity index (χ2v) is 15.7. The van der Waals surface area contributed by atoms with Crippen LogP contribution in [0.5, 0.6) is 0 Å². The lowest BCUT2D eigenvalue weighted by atomic mass is 9.82. The van der Waals surface area contributed by atoms with E-state index in [1.54, 1.807) is 0 Å². The van der Waals surface area contributed by atoms with Crippen molar-refractivity contribution in [2.45, 2.75) is 64.2 Å². The van der Waals surface area contributed by atoms with Gasteiger partial charge in [0.15, 0.2) is 0 Å². The van der Waals surface area contributed by atoms with E-state index in [9.17, 15) is 0 Å². The van der Waals surface area contributed by atoms with Crippen LogP contribution in [0.25, 0.3) is 39.0 Å². The molecule has 3 aliphatic carbocycles. The molecule has 0 N–H and O–H groups in total. The second-order valence-electron chi connectivity index (χ2n) is 15.7. The fourth-order valence-electron chi connectivity index (χ4n) is 9.03. The number of hydrogen-bond acceptors (Lipinski definition) is 1. The van der Waals surface area contributed by atoms with Crippen molar-refractivity contribution in [2.75, 3.05) is 4.90 Å². The minimum atomic E-state index is -0.0808. The van der Waals surface area contributed by atoms with Crippen molar-refractivity contribution in [1.29, 1.82) is 0 Å². The van der Waals surface area contributed by atoms with Crippen molar-refractivity contribution in [1.82, 2.24) is 0 Å². The van der Waals surface area contributed by atoms with E-state index < -0.39 is 0 Å². The fraction of sp³-hybridized carbons (Fsp3) is 0.216. The minimum absolute atomic E-state index is 0.0808. The molecule has 0 radical (unpaired) electrons. The number of allylic oxidation sites excluding steroid dienone is 4. The first-order chi connectivity index (χ1) is 25.4. The Labute approximate surface area is 310 Å². The third-order valence-electron chi connectivity index (χ3n) is 11.9. The standard InChI is InChI=1S/C51H47N/c1-35-18-19-41(32-35)38-22-20-36(21-23-38)37-24-26-42(27-25-37)52(44-29-31-47-46-16-10-11-17-49(46)51(2,3)50(47)34-44)43-28-30-45(39-12-6-4-7-13-39)48(33-43)40-14-8-5-9-15-40/h5-6,8-12,14-17,19-31,33-35,39H,4,7,13,18,32H2,1-3H3. The zero-order valence-electron chi connectivity index (χ0n) is 30.6. The van der Waals surface area contributed by atoms with Crippen molar-refractivity contribution >= 4 is 22.6 Å². The monoisotopic (exact) mass is 673 g/mol. The van der Waals surface area contributed by atoms with Crippen molar-refractivity contribution in [3.63, 3.8) is 0 Å². The van der Waals surface area contributed by atoms with Gasteiger partial charge in [-0.2, -0.15) is 0 Å². The molecule has 0 amide bonds. The van der Waals surface area contributed by atoms with Gasteiger partial charge in [-0.05, 0) is 136 Å². The maximum absolute atomic E-state index is 2.47. The zero-order chi connectivity index (χ0) is 35.2. The van der Waals surface area contributed by atoms with Crippen LogP contribution in [0.3, 0.4) is 0 Å². The topological polar surface area (TPSA) is 3.24 Å². The van der Waals surface area contributed by atoms with Gasteiger partial charge in [0.05, 0.1) is 0 Å². The highest BCUT2D eigenvalue weighted by Crippen LogP contribution is 2.51. The van der Waals surface area contributed by atoms with Gasteiger partial charge >= 0.3 is 0 Å². The molecule has 6 aromatic carbocycles. The fourth-order valence-corrected chi connectivity index (χ4v) is 9.03. The zero-order valence-corrected chi connectivity index (χ0v) is 30.6. The molecule has 1 nitrogen and oxygen atoms in total. The number of anilines is 3. The molecule has 0 heterocycles. The number of hydrogen-bond donors (Lipinski definition) is 0. The molecule has 0 bridgehead atoms. The molecule has 0 saturated heterocycles. The summed E-state index contributed by atoms with van der Waals surface area (Å²) in [5, 5.41) is 0. The van der Waals surface area contributed by atoms with Crippen molar-refractivity contribution < 1.29 is 0 Å². The predicted octanol–water partition coefficient (Wildman–Crippen LogP) is 14.4. The molecule has 1 heteroatoms. The number of fused-ring (bicyclic) bond motifs is 3. The molecule has 0 spiro atoms. The molecule has 2 atom stereocenters. The number of nitrogens with zero attached hydrogens (tertiary/aromatic N) is 1. The Bertz CT molecular complexity index is 2300. The molecule has 2 unspecified atom stereocenters. The van der Waals surface area contributed by atoms with Gasteiger partial charge in [-0.3, -0.25) is 0 Å². The van der Waals surface area contributed by atoms with Crippen molar-refractivity contribution in [3.05, 3.63) is 180 Å². The van der Waals surface area contributed by atoms with Crippen LogP contribution in [0.15, 0.2) is 158 Å². The third-order valence-corrected chi connectivity index (χ3v) is 11.9. The van der Waals surface area contributed by atoms with Crippen LogP contribution in [-0.2, 0) is 5.41 Å². The van der Waals surface area contributed by atoms with Crippen LogP contribution in [0.1, 0.15) is 81.0 Å². The highest BCUT2D eigenvalue weighted by atomic mass is 15.1. The summed E-state index contributed by atoms with van der Waals surface area (Å²) < 4.78 is 0. The van der Waals surface area contributed by atoms with Crippen LogP contribution < -0.4 is 4.90 Å². The van der Waals surface area contributed by atoms with Gasteiger partial charge in [-0.1, -0.05) is 142 Å². The lowest BCUT2D eigenvalue weighted by Crippen LogP contribution is -2.16. The first-order valence-electron chi connectivity index (χ1n) is 19.2. The quantitative estimate of drug-likeness (QED) is 0.152. The SMILES string of the molecule is CC1CC=C(c2ccc(-c3ccc(N(c4ccc(C5C=CCCC5)c(-c5ccccc5)c4)c4ccc5c(c4)C(C)(C)c4ccccc4-5)cc3)cc2)C1. The first kappa shape index (κ1) is 32.5. The Morgan fingerprint density at radius 3 is 1.96 bits per heavy atom. The predicted molar refractivity (Wildman–Crippen MR) is 222 cm³/mol. The second kappa shape index (κ2) is 13.3. The van der Waals surface area contributed by atoms with Crippen molar-refractivity contribution in [2.24, 2.45) is 5.92 Å². The van der Waals surface area contributed by atoms with Gasteiger partial charge < -0.3 is 4.90 Å². The Hall–Kier alpha value is -5.40. The van der Waals surface area contributed by atoms with E-state index in [0.717, 1.165) is 11.6 Å². The molecule has 0 saturated carbocycles. The molecule has 0 fully saturated rings. The highest BCUT2D eigenvalue weighted by Gasteiger charge is 2.35. The van der Waals surface area contributed by atoms with Crippen LogP contribution in [0, 0.1) is 5.92 Å². The summed E-state index contributed by atoms with van der Waals surface area (Å²) in [6.45, 7) is 7.08. The largest absolute Gasteiger partial charge is 0.310 e. The lowest BCUT2D eigenvalue weighted by molar-refractivity contribution is 0.642. The van der Waals surface area contributed by atoms with E-state index in [1.807, 2.05) is 0 Å². The molecule has 6 aromatic rings. The lowest BCUT2D eigenvalue weighted by Gasteiger charge is -2.30. The van der Waals surface area contributed by atoms with E-state index in [0.29, 0.717) is 5.92 Å². The van der Waals surface area contributed by atoms with Gasteiger partial charge in [0.2, 0.25) is 0 Å². The van der Waals surface area contributed by atoms with Gasteiger partial charge in [0, 0.05) is 28.4 Å². The van der Waals surface area contributed by atoms with Gasteiger partial charge in [0.25, 0.3) is 0 Å². The summed E-state index contributed by atoms with van der Waals surface area (Å²) in [7, 11) is 0. The Balaban J connectivity index is 1.15. The average Bonchev–Trinajstić information content (AvgIpc) is 3.74. The number of rotatable bonds is 7. The molecule has 3 aliphatic rings. The Kier molecular flexibility index (Phi) is 8.31. The molecular weight excluding hydrogens is 627 g/mol. The average molecular weight is 674 g/mol. The maximum atomic E-state index is 2.47. The maximum Gasteiger partial charge on any atom is 0.0468 e.